The smallest absolute Gasteiger partial charge is 0.255 e. The van der Waals surface area contributed by atoms with Gasteiger partial charge in [0.1, 0.15) is 11.6 Å². The zero-order chi connectivity index (χ0) is 17.4. The van der Waals surface area contributed by atoms with Gasteiger partial charge in [0, 0.05) is 42.6 Å². The molecule has 24 heavy (non-hydrogen) atoms. The van der Waals surface area contributed by atoms with Crippen LogP contribution in [0.4, 0.5) is 0 Å². The summed E-state index contributed by atoms with van der Waals surface area (Å²) < 4.78 is 0. The van der Waals surface area contributed by atoms with Crippen molar-refractivity contribution in [3.05, 3.63) is 55.2 Å². The van der Waals surface area contributed by atoms with Crippen LogP contribution in [0.1, 0.15) is 42.4 Å². The van der Waals surface area contributed by atoms with Crippen molar-refractivity contribution in [1.82, 2.24) is 14.9 Å². The van der Waals surface area contributed by atoms with E-state index < -0.39 is 0 Å². The van der Waals surface area contributed by atoms with Crippen molar-refractivity contribution >= 4 is 23.2 Å². The van der Waals surface area contributed by atoms with Crippen molar-refractivity contribution in [1.29, 1.82) is 0 Å². The quantitative estimate of drug-likeness (QED) is 0.871. The predicted octanol–water partition coefficient (Wildman–Crippen LogP) is 3.46. The van der Waals surface area contributed by atoms with Crippen molar-refractivity contribution < 1.29 is 5.11 Å². The van der Waals surface area contributed by atoms with Gasteiger partial charge in [-0.25, -0.2) is 4.98 Å². The number of benzene rings is 1. The van der Waals surface area contributed by atoms with Crippen LogP contribution in [0.3, 0.4) is 0 Å². The monoisotopic (exact) mass is 367 g/mol. The number of hydrogen-bond donors (Lipinski definition) is 2. The number of halogens is 2. The molecule has 0 fully saturated rings. The van der Waals surface area contributed by atoms with E-state index in [2.05, 4.69) is 14.9 Å². The van der Waals surface area contributed by atoms with Crippen molar-refractivity contribution in [3.8, 4) is 5.75 Å². The van der Waals surface area contributed by atoms with E-state index >= 15 is 0 Å². The Morgan fingerprint density at radius 3 is 2.83 bits per heavy atom. The molecular weight excluding hydrogens is 349 g/mol. The second-order valence-corrected chi connectivity index (χ2v) is 7.23. The molecule has 0 amide bonds. The van der Waals surface area contributed by atoms with Gasteiger partial charge in [0.15, 0.2) is 0 Å². The molecule has 2 aromatic rings. The minimum Gasteiger partial charge on any atom is -0.506 e. The van der Waals surface area contributed by atoms with Crippen molar-refractivity contribution in [2.75, 3.05) is 6.54 Å². The average molecular weight is 368 g/mol. The number of H-pyrrole nitrogens is 1. The number of phenols is 1. The molecule has 0 spiro atoms. The normalized spacial score (nSPS) is 14.9. The average Bonchev–Trinajstić information content (AvgIpc) is 2.52. The molecule has 0 radical (unpaired) electrons. The molecule has 2 heterocycles. The van der Waals surface area contributed by atoms with Gasteiger partial charge >= 0.3 is 0 Å². The van der Waals surface area contributed by atoms with Crippen LogP contribution in [0.5, 0.6) is 5.75 Å². The lowest BCUT2D eigenvalue weighted by Gasteiger charge is -2.28. The molecule has 0 aliphatic carbocycles. The van der Waals surface area contributed by atoms with Gasteiger partial charge in [0.2, 0.25) is 0 Å². The first-order valence-electron chi connectivity index (χ1n) is 7.86. The summed E-state index contributed by atoms with van der Waals surface area (Å²) in [5.41, 5.74) is 2.13. The molecule has 5 nitrogen and oxygen atoms in total. The Morgan fingerprint density at radius 1 is 1.38 bits per heavy atom. The fourth-order valence-corrected chi connectivity index (χ4v) is 3.42. The van der Waals surface area contributed by atoms with Crippen LogP contribution in [0.2, 0.25) is 10.0 Å². The van der Waals surface area contributed by atoms with Gasteiger partial charge in [-0.1, -0.05) is 37.0 Å². The molecule has 1 aromatic carbocycles. The molecule has 0 atom stereocenters. The third kappa shape index (κ3) is 3.43. The number of rotatable bonds is 3. The van der Waals surface area contributed by atoms with Gasteiger partial charge in [-0.2, -0.15) is 0 Å². The van der Waals surface area contributed by atoms with Crippen LogP contribution in [0.15, 0.2) is 16.9 Å². The van der Waals surface area contributed by atoms with E-state index in [1.807, 2.05) is 13.8 Å². The van der Waals surface area contributed by atoms with Gasteiger partial charge in [-0.15, -0.1) is 0 Å². The number of fused-ring (bicyclic) bond motifs is 1. The zero-order valence-electron chi connectivity index (χ0n) is 13.6. The third-order valence-electron chi connectivity index (χ3n) is 4.21. The molecule has 1 aliphatic rings. The standard InChI is InChI=1S/C17H19Cl2N3O2/c1-9(2)16-20-14-3-4-22(8-12(14)17(24)21-16)7-10-5-11(18)6-13(19)15(10)23/h5-6,9,23H,3-4,7-8H2,1-2H3,(H,20,21,24). The van der Waals surface area contributed by atoms with Crippen LogP contribution in [0.25, 0.3) is 0 Å². The van der Waals surface area contributed by atoms with E-state index in [0.29, 0.717) is 35.7 Å². The van der Waals surface area contributed by atoms with Crippen LogP contribution >= 0.6 is 23.2 Å². The van der Waals surface area contributed by atoms with E-state index in [9.17, 15) is 9.90 Å². The second-order valence-electron chi connectivity index (χ2n) is 6.39. The Labute approximate surface area is 150 Å². The lowest BCUT2D eigenvalue weighted by Crippen LogP contribution is -2.36. The maximum Gasteiger partial charge on any atom is 0.255 e. The van der Waals surface area contributed by atoms with Gasteiger partial charge < -0.3 is 10.1 Å². The summed E-state index contributed by atoms with van der Waals surface area (Å²) in [7, 11) is 0. The van der Waals surface area contributed by atoms with Gasteiger partial charge in [-0.05, 0) is 12.1 Å². The summed E-state index contributed by atoms with van der Waals surface area (Å²) in [6.07, 6.45) is 0.702. The fraction of sp³-hybridized carbons (Fsp3) is 0.412. The molecule has 1 aromatic heterocycles. The maximum absolute atomic E-state index is 12.3. The summed E-state index contributed by atoms with van der Waals surface area (Å²) in [5.74, 6) is 0.951. The lowest BCUT2D eigenvalue weighted by molar-refractivity contribution is 0.238. The Kier molecular flexibility index (Phi) is 4.85. The largest absolute Gasteiger partial charge is 0.506 e. The zero-order valence-corrected chi connectivity index (χ0v) is 15.1. The third-order valence-corrected chi connectivity index (χ3v) is 4.72. The molecule has 128 valence electrons. The number of aromatic nitrogens is 2. The van der Waals surface area contributed by atoms with E-state index in [1.165, 1.54) is 6.07 Å². The molecule has 0 saturated heterocycles. The first-order chi connectivity index (χ1) is 11.3. The topological polar surface area (TPSA) is 69.2 Å². The van der Waals surface area contributed by atoms with E-state index in [4.69, 9.17) is 23.2 Å². The highest BCUT2D eigenvalue weighted by Crippen LogP contribution is 2.32. The molecule has 2 N–H and O–H groups in total. The van der Waals surface area contributed by atoms with E-state index in [0.717, 1.165) is 18.1 Å². The Morgan fingerprint density at radius 2 is 2.12 bits per heavy atom. The molecular formula is C17H19Cl2N3O2. The minimum absolute atomic E-state index is 0.0362. The number of nitrogens with one attached hydrogen (secondary N) is 1. The molecule has 3 rings (SSSR count). The van der Waals surface area contributed by atoms with Crippen LogP contribution in [-0.2, 0) is 19.5 Å². The van der Waals surface area contributed by atoms with Crippen LogP contribution in [-0.4, -0.2) is 26.5 Å². The molecule has 1 aliphatic heterocycles. The SMILES string of the molecule is CC(C)c1nc2c(c(=O)[nH]1)CN(Cc1cc(Cl)cc(Cl)c1O)CC2. The molecule has 0 bridgehead atoms. The van der Waals surface area contributed by atoms with Gasteiger partial charge in [-0.3, -0.25) is 9.69 Å². The number of aromatic hydroxyl groups is 1. The second kappa shape index (κ2) is 6.75. The van der Waals surface area contributed by atoms with Gasteiger partial charge in [0.25, 0.3) is 5.56 Å². The number of hydrogen-bond acceptors (Lipinski definition) is 4. The lowest BCUT2D eigenvalue weighted by atomic mass is 10.0. The summed E-state index contributed by atoms with van der Waals surface area (Å²) in [6.45, 7) is 5.72. The summed E-state index contributed by atoms with van der Waals surface area (Å²) >= 11 is 12.0. The number of aromatic amines is 1. The highest BCUT2D eigenvalue weighted by molar-refractivity contribution is 6.35. The van der Waals surface area contributed by atoms with Crippen molar-refractivity contribution in [2.45, 2.75) is 39.3 Å². The fourth-order valence-electron chi connectivity index (χ4n) is 2.89. The van der Waals surface area contributed by atoms with Crippen LogP contribution < -0.4 is 5.56 Å². The molecule has 0 saturated carbocycles. The molecule has 7 heteroatoms. The van der Waals surface area contributed by atoms with E-state index in [1.54, 1.807) is 6.07 Å². The van der Waals surface area contributed by atoms with Crippen molar-refractivity contribution in [3.63, 3.8) is 0 Å². The predicted molar refractivity (Wildman–Crippen MR) is 94.9 cm³/mol. The maximum atomic E-state index is 12.3. The first kappa shape index (κ1) is 17.3. The van der Waals surface area contributed by atoms with Crippen LogP contribution in [0, 0.1) is 0 Å². The number of nitrogens with zero attached hydrogens (tertiary/aromatic N) is 2. The first-order valence-corrected chi connectivity index (χ1v) is 8.62. The summed E-state index contributed by atoms with van der Waals surface area (Å²) in [4.78, 5) is 21.9. The number of phenolic OH excluding ortho intramolecular Hbond substituents is 1. The summed E-state index contributed by atoms with van der Waals surface area (Å²) in [6, 6.07) is 3.21. The minimum atomic E-state index is -0.0817. The summed E-state index contributed by atoms with van der Waals surface area (Å²) in [5, 5.41) is 10.8. The molecule has 0 unspecified atom stereocenters. The van der Waals surface area contributed by atoms with E-state index in [-0.39, 0.29) is 22.2 Å². The van der Waals surface area contributed by atoms with Crippen molar-refractivity contribution in [2.24, 2.45) is 0 Å². The Balaban J connectivity index is 1.85. The highest BCUT2D eigenvalue weighted by atomic mass is 35.5. The Bertz CT molecular complexity index is 833. The Hall–Kier alpha value is -1.56. The van der Waals surface area contributed by atoms with Gasteiger partial charge in [0.05, 0.1) is 16.3 Å². The highest BCUT2D eigenvalue weighted by Gasteiger charge is 2.23.